The molecule has 10 atom stereocenters. The minimum absolute atomic E-state index is 0.00129. The molecule has 0 aromatic carbocycles. The van der Waals surface area contributed by atoms with Gasteiger partial charge in [0.05, 0.1) is 31.3 Å². The molecule has 9 heteroatoms. The van der Waals surface area contributed by atoms with Crippen molar-refractivity contribution < 1.29 is 39.8 Å². The average molecular weight is 464 g/mol. The highest BCUT2D eigenvalue weighted by atomic mass is 16.7. The smallest absolute Gasteiger partial charge is 0.222 e. The predicted molar refractivity (Wildman–Crippen MR) is 120 cm³/mol. The molecule has 1 saturated heterocycles. The maximum Gasteiger partial charge on any atom is 0.222 e. The molecule has 0 aliphatic carbocycles. The Hall–Kier alpha value is -0.810. The Bertz CT molecular complexity index is 536. The van der Waals surface area contributed by atoms with Crippen LogP contribution in [0.15, 0.2) is 0 Å². The van der Waals surface area contributed by atoms with Gasteiger partial charge in [-0.2, -0.15) is 0 Å². The van der Waals surface area contributed by atoms with Crippen molar-refractivity contribution in [1.29, 1.82) is 0 Å². The molecule has 0 radical (unpaired) electrons. The summed E-state index contributed by atoms with van der Waals surface area (Å²) in [6.45, 7) is 9.40. The minimum Gasteiger partial charge on any atom is -0.394 e. The second kappa shape index (κ2) is 14.5. The van der Waals surface area contributed by atoms with E-state index in [0.29, 0.717) is 12.8 Å². The number of aliphatic hydroxyl groups excluding tert-OH is 5. The first-order valence-electron chi connectivity index (χ1n) is 12.0. The average Bonchev–Trinajstić information content (AvgIpc) is 3.04. The Kier molecular flexibility index (Phi) is 13.2. The quantitative estimate of drug-likeness (QED) is 0.208. The number of hydrogen-bond donors (Lipinski definition) is 6. The van der Waals surface area contributed by atoms with E-state index in [1.807, 2.05) is 34.6 Å². The highest BCUT2D eigenvalue weighted by Gasteiger charge is 2.44. The van der Waals surface area contributed by atoms with Crippen molar-refractivity contribution >= 4 is 5.91 Å². The molecule has 6 N–H and O–H groups in total. The van der Waals surface area contributed by atoms with Gasteiger partial charge in [-0.15, -0.1) is 0 Å². The van der Waals surface area contributed by atoms with Crippen molar-refractivity contribution in [3.05, 3.63) is 0 Å². The lowest BCUT2D eigenvalue weighted by Crippen LogP contribution is -2.43. The van der Waals surface area contributed by atoms with E-state index >= 15 is 0 Å². The van der Waals surface area contributed by atoms with Crippen molar-refractivity contribution in [2.75, 3.05) is 6.61 Å². The topological polar surface area (TPSA) is 149 Å². The number of amides is 1. The molecule has 1 heterocycles. The maximum atomic E-state index is 12.6. The van der Waals surface area contributed by atoms with Gasteiger partial charge in [0.2, 0.25) is 5.91 Å². The fraction of sp³-hybridized carbons (Fsp3) is 0.957. The molecule has 1 aliphatic heterocycles. The van der Waals surface area contributed by atoms with E-state index in [0.717, 1.165) is 12.8 Å². The van der Waals surface area contributed by atoms with Crippen LogP contribution in [0.2, 0.25) is 0 Å². The Morgan fingerprint density at radius 1 is 0.969 bits per heavy atom. The second-order valence-electron chi connectivity index (χ2n) is 9.22. The summed E-state index contributed by atoms with van der Waals surface area (Å²) in [7, 11) is 0. The lowest BCUT2D eigenvalue weighted by Gasteiger charge is -2.30. The molecule has 0 aromatic heterocycles. The molecular weight excluding hydrogens is 418 g/mol. The van der Waals surface area contributed by atoms with E-state index in [9.17, 15) is 30.3 Å². The van der Waals surface area contributed by atoms with Gasteiger partial charge in [-0.25, -0.2) is 0 Å². The third-order valence-electron chi connectivity index (χ3n) is 6.69. The lowest BCUT2D eigenvalue weighted by molar-refractivity contribution is -0.207. The molecule has 0 saturated carbocycles. The van der Waals surface area contributed by atoms with Crippen molar-refractivity contribution in [2.45, 2.75) is 122 Å². The third-order valence-corrected chi connectivity index (χ3v) is 6.69. The number of aliphatic hydroxyl groups is 5. The van der Waals surface area contributed by atoms with Gasteiger partial charge in [0.1, 0.15) is 18.3 Å². The Morgan fingerprint density at radius 2 is 1.59 bits per heavy atom. The van der Waals surface area contributed by atoms with E-state index in [-0.39, 0.29) is 36.6 Å². The van der Waals surface area contributed by atoms with Gasteiger partial charge in [-0.3, -0.25) is 4.79 Å². The zero-order chi connectivity index (χ0) is 24.4. The van der Waals surface area contributed by atoms with E-state index in [1.165, 1.54) is 0 Å². The number of rotatable bonds is 15. The molecule has 9 nitrogen and oxygen atoms in total. The Labute approximate surface area is 192 Å². The van der Waals surface area contributed by atoms with Gasteiger partial charge in [0.15, 0.2) is 6.29 Å². The first-order valence-corrected chi connectivity index (χ1v) is 12.0. The molecule has 3 unspecified atom stereocenters. The van der Waals surface area contributed by atoms with Crippen LogP contribution in [-0.4, -0.2) is 87.0 Å². The van der Waals surface area contributed by atoms with Gasteiger partial charge in [-0.1, -0.05) is 47.5 Å². The fourth-order valence-electron chi connectivity index (χ4n) is 3.84. The number of ether oxygens (including phenoxy) is 2. The SMILES string of the molecule is CC[C@@H](O)CC(NC(=O)C[C@@H](O)C[C@H](O[C@@H]1O[C@@H](CO)C(O)C1O)[C@H](C)CC)[C@H](C)CC. The van der Waals surface area contributed by atoms with Crippen molar-refractivity contribution in [3.8, 4) is 0 Å². The van der Waals surface area contributed by atoms with E-state index in [2.05, 4.69) is 5.32 Å². The largest absolute Gasteiger partial charge is 0.394 e. The summed E-state index contributed by atoms with van der Waals surface area (Å²) >= 11 is 0. The standard InChI is InChI=1S/C23H45NO8/c1-6-13(4)17(9-15(26)8-3)24-20(28)11-16(27)10-18(14(5)7-2)31-23-22(30)21(29)19(12-25)32-23/h13-19,21-23,25-27,29-30H,6-12H2,1-5H3,(H,24,28)/t13-,14-,15-,16+,17?,18+,19+,21?,22?,23-/m1/s1. The predicted octanol–water partition coefficient (Wildman–Crippen LogP) is 0.690. The van der Waals surface area contributed by atoms with Crippen molar-refractivity contribution in [3.63, 3.8) is 0 Å². The van der Waals surface area contributed by atoms with Gasteiger partial charge >= 0.3 is 0 Å². The van der Waals surface area contributed by atoms with Crippen LogP contribution in [0.4, 0.5) is 0 Å². The highest BCUT2D eigenvalue weighted by Crippen LogP contribution is 2.27. The monoisotopic (exact) mass is 463 g/mol. The van der Waals surface area contributed by atoms with E-state index < -0.39 is 49.5 Å². The van der Waals surface area contributed by atoms with Gasteiger partial charge in [0, 0.05) is 12.5 Å². The third kappa shape index (κ3) is 8.85. The van der Waals surface area contributed by atoms with Crippen molar-refractivity contribution in [2.24, 2.45) is 11.8 Å². The lowest BCUT2D eigenvalue weighted by atomic mass is 9.92. The van der Waals surface area contributed by atoms with E-state index in [1.54, 1.807) is 0 Å². The normalized spacial score (nSPS) is 29.2. The van der Waals surface area contributed by atoms with Crippen LogP contribution in [0.25, 0.3) is 0 Å². The van der Waals surface area contributed by atoms with Gasteiger partial charge in [-0.05, 0) is 24.7 Å². The maximum absolute atomic E-state index is 12.6. The minimum atomic E-state index is -1.31. The zero-order valence-electron chi connectivity index (χ0n) is 20.2. The van der Waals surface area contributed by atoms with Crippen LogP contribution in [0.5, 0.6) is 0 Å². The van der Waals surface area contributed by atoms with Crippen molar-refractivity contribution in [1.82, 2.24) is 5.32 Å². The summed E-state index contributed by atoms with van der Waals surface area (Å²) in [5.74, 6) is -0.0938. The molecule has 0 bridgehead atoms. The van der Waals surface area contributed by atoms with Gasteiger partial charge < -0.3 is 40.3 Å². The summed E-state index contributed by atoms with van der Waals surface area (Å²) in [5.41, 5.74) is 0. The second-order valence-corrected chi connectivity index (χ2v) is 9.22. The summed E-state index contributed by atoms with van der Waals surface area (Å²) in [6, 6.07) is -0.171. The van der Waals surface area contributed by atoms with E-state index in [4.69, 9.17) is 9.47 Å². The number of carbonyl (C=O) groups excluding carboxylic acids is 1. The molecule has 190 valence electrons. The number of carbonyl (C=O) groups is 1. The highest BCUT2D eigenvalue weighted by molar-refractivity contribution is 5.76. The summed E-state index contributed by atoms with van der Waals surface area (Å²) < 4.78 is 11.3. The molecule has 1 aliphatic rings. The summed E-state index contributed by atoms with van der Waals surface area (Å²) in [4.78, 5) is 12.6. The Balaban J connectivity index is 2.69. The van der Waals surface area contributed by atoms with Crippen LogP contribution in [0, 0.1) is 11.8 Å². The molecule has 0 spiro atoms. The van der Waals surface area contributed by atoms with Crippen LogP contribution in [-0.2, 0) is 14.3 Å². The summed E-state index contributed by atoms with van der Waals surface area (Å²) in [5, 5.41) is 52.9. The zero-order valence-corrected chi connectivity index (χ0v) is 20.2. The molecule has 1 fully saturated rings. The van der Waals surface area contributed by atoms with Crippen LogP contribution in [0.3, 0.4) is 0 Å². The number of nitrogens with one attached hydrogen (secondary N) is 1. The summed E-state index contributed by atoms with van der Waals surface area (Å²) in [6.07, 6.45) is -3.86. The van der Waals surface area contributed by atoms with Gasteiger partial charge in [0.25, 0.3) is 0 Å². The first-order chi connectivity index (χ1) is 15.1. The Morgan fingerprint density at radius 3 is 2.09 bits per heavy atom. The molecule has 1 rings (SSSR count). The van der Waals surface area contributed by atoms with Crippen LogP contribution >= 0.6 is 0 Å². The molecule has 32 heavy (non-hydrogen) atoms. The fourth-order valence-corrected chi connectivity index (χ4v) is 3.84. The van der Waals surface area contributed by atoms with Crippen LogP contribution in [0.1, 0.15) is 73.1 Å². The molecular formula is C23H45NO8. The molecule has 0 aromatic rings. The molecule has 1 amide bonds. The number of hydrogen-bond acceptors (Lipinski definition) is 8. The first kappa shape index (κ1) is 29.2. The van der Waals surface area contributed by atoms with Crippen LogP contribution < -0.4 is 5.32 Å².